The summed E-state index contributed by atoms with van der Waals surface area (Å²) in [6.45, 7) is 6.59. The zero-order chi connectivity index (χ0) is 23.6. The lowest BCUT2D eigenvalue weighted by molar-refractivity contribution is 0.174. The summed E-state index contributed by atoms with van der Waals surface area (Å²) in [5.41, 5.74) is 2.83. The van der Waals surface area contributed by atoms with E-state index in [1.165, 1.54) is 18.5 Å². The summed E-state index contributed by atoms with van der Waals surface area (Å²) in [6.07, 6.45) is 8.37. The first-order chi connectivity index (χ1) is 17.2. The molecule has 3 aliphatic rings. The summed E-state index contributed by atoms with van der Waals surface area (Å²) in [4.78, 5) is 18.5. The molecule has 35 heavy (non-hydrogen) atoms. The molecular weight excluding hydrogens is 436 g/mol. The number of aromatic nitrogens is 3. The third-order valence-electron chi connectivity index (χ3n) is 7.55. The number of rotatable bonds is 8. The van der Waals surface area contributed by atoms with Crippen molar-refractivity contribution < 1.29 is 0 Å². The quantitative estimate of drug-likeness (QED) is 0.517. The maximum absolute atomic E-state index is 8.97. The highest BCUT2D eigenvalue weighted by Crippen LogP contribution is 2.30. The molecule has 2 saturated heterocycles. The van der Waals surface area contributed by atoms with Crippen LogP contribution in [0, 0.1) is 23.2 Å². The van der Waals surface area contributed by atoms with Crippen molar-refractivity contribution in [1.82, 2.24) is 19.9 Å². The van der Waals surface area contributed by atoms with E-state index in [4.69, 9.17) is 5.26 Å². The number of nitrogens with zero attached hydrogens (tertiary/aromatic N) is 6. The Bertz CT molecular complexity index is 1200. The number of fused-ring (bicyclic) bond motifs is 1. The Hall–Kier alpha value is -3.44. The van der Waals surface area contributed by atoms with Crippen molar-refractivity contribution in [3.05, 3.63) is 48.4 Å². The molecule has 2 aromatic heterocycles. The van der Waals surface area contributed by atoms with Crippen molar-refractivity contribution in [2.45, 2.75) is 31.7 Å². The third-order valence-corrected chi connectivity index (χ3v) is 7.55. The maximum Gasteiger partial charge on any atom is 0.137 e. The Morgan fingerprint density at radius 2 is 1.77 bits per heavy atom. The minimum Gasteiger partial charge on any atom is -0.371 e. The summed E-state index contributed by atoms with van der Waals surface area (Å²) in [5.74, 6) is 3.35. The Morgan fingerprint density at radius 1 is 0.971 bits per heavy atom. The first kappa shape index (κ1) is 22.1. The standard InChI is InChI=1S/C27H32N8/c28-12-19-3-5-23(6-4-19)35-16-21(17-35)15-34-9-7-22(8-10-34)33-27-24-11-26(29-13-20-1-2-20)30-14-25(24)31-18-32-27/h3-6,11,14,18,20-22H,1-2,7-10,13,15-17H2,(H,29,30)(H,31,32,33). The predicted octanol–water partition coefficient (Wildman–Crippen LogP) is 3.73. The van der Waals surface area contributed by atoms with Gasteiger partial charge in [-0.15, -0.1) is 0 Å². The zero-order valence-corrected chi connectivity index (χ0v) is 20.0. The fourth-order valence-corrected chi connectivity index (χ4v) is 5.20. The van der Waals surface area contributed by atoms with Crippen LogP contribution < -0.4 is 15.5 Å². The largest absolute Gasteiger partial charge is 0.371 e. The molecule has 8 nitrogen and oxygen atoms in total. The minimum atomic E-state index is 0.428. The molecule has 3 aromatic rings. The molecule has 6 rings (SSSR count). The smallest absolute Gasteiger partial charge is 0.137 e. The van der Waals surface area contributed by atoms with E-state index in [9.17, 15) is 0 Å². The molecule has 0 atom stereocenters. The zero-order valence-electron chi connectivity index (χ0n) is 20.0. The third kappa shape index (κ3) is 5.15. The van der Waals surface area contributed by atoms with Gasteiger partial charge in [0.1, 0.15) is 18.0 Å². The molecule has 2 aliphatic heterocycles. The lowest BCUT2D eigenvalue weighted by Crippen LogP contribution is -2.53. The van der Waals surface area contributed by atoms with Crippen molar-refractivity contribution in [2.24, 2.45) is 11.8 Å². The van der Waals surface area contributed by atoms with Crippen molar-refractivity contribution >= 4 is 28.2 Å². The van der Waals surface area contributed by atoms with E-state index < -0.39 is 0 Å². The Balaban J connectivity index is 0.991. The maximum atomic E-state index is 8.97. The second-order valence-corrected chi connectivity index (χ2v) is 10.3. The van der Waals surface area contributed by atoms with Crippen LogP contribution >= 0.6 is 0 Å². The number of likely N-dealkylation sites (tertiary alicyclic amines) is 1. The molecule has 3 fully saturated rings. The van der Waals surface area contributed by atoms with Crippen LogP contribution in [-0.2, 0) is 0 Å². The number of pyridine rings is 1. The number of nitrogens with one attached hydrogen (secondary N) is 2. The van der Waals surface area contributed by atoms with Crippen molar-refractivity contribution in [2.75, 3.05) is 54.8 Å². The number of benzene rings is 1. The Kier molecular flexibility index (Phi) is 6.09. The van der Waals surface area contributed by atoms with Gasteiger partial charge in [-0.3, -0.25) is 0 Å². The monoisotopic (exact) mass is 468 g/mol. The number of piperidine rings is 1. The average Bonchev–Trinajstić information content (AvgIpc) is 3.71. The van der Waals surface area contributed by atoms with Gasteiger partial charge in [0.2, 0.25) is 0 Å². The van der Waals surface area contributed by atoms with E-state index >= 15 is 0 Å². The predicted molar refractivity (Wildman–Crippen MR) is 138 cm³/mol. The number of hydrogen-bond donors (Lipinski definition) is 2. The lowest BCUT2D eigenvalue weighted by atomic mass is 9.96. The fourth-order valence-electron chi connectivity index (χ4n) is 5.20. The van der Waals surface area contributed by atoms with Crippen molar-refractivity contribution in [3.8, 4) is 6.07 Å². The summed E-state index contributed by atoms with van der Waals surface area (Å²) >= 11 is 0. The van der Waals surface area contributed by atoms with Crippen molar-refractivity contribution in [3.63, 3.8) is 0 Å². The molecule has 0 amide bonds. The van der Waals surface area contributed by atoms with Gasteiger partial charge in [-0.1, -0.05) is 0 Å². The van der Waals surface area contributed by atoms with Gasteiger partial charge in [-0.25, -0.2) is 15.0 Å². The van der Waals surface area contributed by atoms with Gasteiger partial charge in [0.05, 0.1) is 23.3 Å². The SMILES string of the molecule is N#Cc1ccc(N2CC(CN3CCC(Nc4ncnc5cnc(NCC6CC6)cc45)CC3)C2)cc1. The topological polar surface area (TPSA) is 93.0 Å². The molecule has 0 bridgehead atoms. The highest BCUT2D eigenvalue weighted by molar-refractivity contribution is 5.90. The molecule has 0 unspecified atom stereocenters. The summed E-state index contributed by atoms with van der Waals surface area (Å²) in [5, 5.41) is 17.2. The summed E-state index contributed by atoms with van der Waals surface area (Å²) in [7, 11) is 0. The Morgan fingerprint density at radius 3 is 2.51 bits per heavy atom. The molecule has 4 heterocycles. The molecule has 0 spiro atoms. The van der Waals surface area contributed by atoms with Crippen LogP contribution in [0.5, 0.6) is 0 Å². The Labute approximate surface area is 206 Å². The first-order valence-corrected chi connectivity index (χ1v) is 12.8. The molecule has 0 radical (unpaired) electrons. The van der Waals surface area contributed by atoms with Gasteiger partial charge in [-0.2, -0.15) is 5.26 Å². The van der Waals surface area contributed by atoms with Gasteiger partial charge in [0, 0.05) is 62.3 Å². The van der Waals surface area contributed by atoms with E-state index in [1.54, 1.807) is 6.33 Å². The van der Waals surface area contributed by atoms with E-state index in [-0.39, 0.29) is 0 Å². The molecule has 180 valence electrons. The van der Waals surface area contributed by atoms with Crippen molar-refractivity contribution in [1.29, 1.82) is 5.26 Å². The first-order valence-electron chi connectivity index (χ1n) is 12.8. The highest BCUT2D eigenvalue weighted by atomic mass is 15.2. The molecule has 2 N–H and O–H groups in total. The van der Waals surface area contributed by atoms with E-state index in [0.29, 0.717) is 6.04 Å². The lowest BCUT2D eigenvalue weighted by Gasteiger charge is -2.44. The molecular formula is C27H32N8. The number of anilines is 3. The van der Waals surface area contributed by atoms with Crippen LogP contribution in [0.15, 0.2) is 42.9 Å². The molecule has 8 heteroatoms. The van der Waals surface area contributed by atoms with Gasteiger partial charge in [0.15, 0.2) is 0 Å². The second kappa shape index (κ2) is 9.67. The van der Waals surface area contributed by atoms with Crippen LogP contribution in [0.25, 0.3) is 10.9 Å². The van der Waals surface area contributed by atoms with Crippen LogP contribution in [0.2, 0.25) is 0 Å². The van der Waals surface area contributed by atoms with E-state index in [1.807, 2.05) is 18.3 Å². The van der Waals surface area contributed by atoms with Gasteiger partial charge < -0.3 is 20.4 Å². The second-order valence-electron chi connectivity index (χ2n) is 10.3. The highest BCUT2D eigenvalue weighted by Gasteiger charge is 2.30. The van der Waals surface area contributed by atoms with Gasteiger partial charge in [0.25, 0.3) is 0 Å². The van der Waals surface area contributed by atoms with Crippen LogP contribution in [0.3, 0.4) is 0 Å². The summed E-state index contributed by atoms with van der Waals surface area (Å²) in [6, 6.07) is 12.6. The molecule has 1 aromatic carbocycles. The van der Waals surface area contributed by atoms with E-state index in [2.05, 4.69) is 59.7 Å². The average molecular weight is 469 g/mol. The van der Waals surface area contributed by atoms with Gasteiger partial charge in [-0.05, 0) is 61.9 Å². The molecule has 1 saturated carbocycles. The molecule has 1 aliphatic carbocycles. The number of hydrogen-bond acceptors (Lipinski definition) is 8. The minimum absolute atomic E-state index is 0.428. The fraction of sp³-hybridized carbons (Fsp3) is 0.481. The van der Waals surface area contributed by atoms with Crippen LogP contribution in [0.4, 0.5) is 17.3 Å². The van der Waals surface area contributed by atoms with Crippen LogP contribution in [-0.4, -0.2) is 65.2 Å². The summed E-state index contributed by atoms with van der Waals surface area (Å²) < 4.78 is 0. The van der Waals surface area contributed by atoms with Gasteiger partial charge >= 0.3 is 0 Å². The number of nitriles is 1. The normalized spacial score (nSPS) is 19.3. The van der Waals surface area contributed by atoms with E-state index in [0.717, 1.165) is 92.0 Å². The van der Waals surface area contributed by atoms with Crippen LogP contribution in [0.1, 0.15) is 31.2 Å².